The zero-order valence-electron chi connectivity index (χ0n) is 11.6. The van der Waals surface area contributed by atoms with Gasteiger partial charge in [0.1, 0.15) is 5.75 Å². The molecule has 1 N–H and O–H groups in total. The van der Waals surface area contributed by atoms with Crippen LogP contribution in [-0.4, -0.2) is 13.0 Å². The minimum Gasteiger partial charge on any atom is -0.495 e. The highest BCUT2D eigenvalue weighted by molar-refractivity contribution is 9.10. The number of nitrogens with one attached hydrogen (secondary N) is 1. The first kappa shape index (κ1) is 16.9. The number of carbonyl (C=O) groups is 1. The van der Waals surface area contributed by atoms with Crippen LogP contribution in [0.15, 0.2) is 46.9 Å². The van der Waals surface area contributed by atoms with Gasteiger partial charge in [-0.3, -0.25) is 4.79 Å². The lowest BCUT2D eigenvalue weighted by Crippen LogP contribution is -2.08. The van der Waals surface area contributed by atoms with Gasteiger partial charge in [-0.2, -0.15) is 0 Å². The number of carbonyl (C=O) groups excluding carboxylic acids is 1. The van der Waals surface area contributed by atoms with E-state index in [4.69, 9.17) is 27.9 Å². The van der Waals surface area contributed by atoms with E-state index >= 15 is 0 Å². The van der Waals surface area contributed by atoms with Crippen molar-refractivity contribution in [3.8, 4) is 5.75 Å². The molecule has 0 radical (unpaired) electrons. The first-order valence-electron chi connectivity index (χ1n) is 6.28. The molecule has 1 amide bonds. The summed E-state index contributed by atoms with van der Waals surface area (Å²) in [6.45, 7) is 0. The highest BCUT2D eigenvalue weighted by Gasteiger charge is 2.08. The van der Waals surface area contributed by atoms with E-state index in [0.29, 0.717) is 27.0 Å². The Morgan fingerprint density at radius 2 is 2.00 bits per heavy atom. The molecule has 3 nitrogen and oxygen atoms in total. The summed E-state index contributed by atoms with van der Waals surface area (Å²) in [6.07, 6.45) is 2.99. The third-order valence-electron chi connectivity index (χ3n) is 2.79. The van der Waals surface area contributed by atoms with Crippen molar-refractivity contribution >= 4 is 56.8 Å². The summed E-state index contributed by atoms with van der Waals surface area (Å²) in [5, 5.41) is 3.63. The Morgan fingerprint density at radius 3 is 2.68 bits per heavy atom. The van der Waals surface area contributed by atoms with Crippen molar-refractivity contribution in [3.05, 3.63) is 62.6 Å². The number of para-hydroxylation sites is 1. The summed E-state index contributed by atoms with van der Waals surface area (Å²) >= 11 is 15.4. The smallest absolute Gasteiger partial charge is 0.248 e. The molecule has 2 rings (SSSR count). The fraction of sp³-hybridized carbons (Fsp3) is 0.0625. The number of halogens is 3. The van der Waals surface area contributed by atoms with E-state index < -0.39 is 0 Å². The van der Waals surface area contributed by atoms with E-state index in [1.54, 1.807) is 24.3 Å². The molecule has 22 heavy (non-hydrogen) atoms. The molecule has 2 aromatic rings. The third-order valence-corrected chi connectivity index (χ3v) is 3.98. The van der Waals surface area contributed by atoms with Crippen molar-refractivity contribution < 1.29 is 9.53 Å². The Balaban J connectivity index is 2.18. The monoisotopic (exact) mass is 399 g/mol. The molecule has 0 aliphatic rings. The van der Waals surface area contributed by atoms with Crippen LogP contribution in [0.2, 0.25) is 10.0 Å². The fourth-order valence-electron chi connectivity index (χ4n) is 1.82. The van der Waals surface area contributed by atoms with Gasteiger partial charge in [0.05, 0.1) is 17.8 Å². The SMILES string of the molecule is COc1c(Cl)cc(Cl)cc1C=CC(=O)Nc1ccccc1Br. The van der Waals surface area contributed by atoms with Gasteiger partial charge in [-0.25, -0.2) is 0 Å². The van der Waals surface area contributed by atoms with E-state index in [0.717, 1.165) is 4.47 Å². The molecular formula is C16H12BrCl2NO2. The molecule has 0 aliphatic heterocycles. The second-order valence-electron chi connectivity index (χ2n) is 4.31. The van der Waals surface area contributed by atoms with Gasteiger partial charge in [0.15, 0.2) is 0 Å². The lowest BCUT2D eigenvalue weighted by Gasteiger charge is -2.08. The van der Waals surface area contributed by atoms with Crippen molar-refractivity contribution in [1.82, 2.24) is 0 Å². The number of hydrogen-bond acceptors (Lipinski definition) is 2. The zero-order chi connectivity index (χ0) is 16.1. The third kappa shape index (κ3) is 4.26. The molecule has 0 saturated heterocycles. The normalized spacial score (nSPS) is 10.7. The van der Waals surface area contributed by atoms with Crippen LogP contribution < -0.4 is 10.1 Å². The van der Waals surface area contributed by atoms with Crippen LogP contribution in [0.1, 0.15) is 5.56 Å². The van der Waals surface area contributed by atoms with Crippen molar-refractivity contribution in [1.29, 1.82) is 0 Å². The van der Waals surface area contributed by atoms with Crippen LogP contribution in [-0.2, 0) is 4.79 Å². The van der Waals surface area contributed by atoms with Crippen molar-refractivity contribution in [2.24, 2.45) is 0 Å². The molecule has 0 aromatic heterocycles. The zero-order valence-corrected chi connectivity index (χ0v) is 14.7. The minimum absolute atomic E-state index is 0.273. The van der Waals surface area contributed by atoms with Crippen LogP contribution >= 0.6 is 39.1 Å². The summed E-state index contributed by atoms with van der Waals surface area (Å²) in [5.74, 6) is 0.195. The van der Waals surface area contributed by atoms with Crippen molar-refractivity contribution in [2.75, 3.05) is 12.4 Å². The number of benzene rings is 2. The molecule has 0 atom stereocenters. The second kappa shape index (κ2) is 7.68. The van der Waals surface area contributed by atoms with Crippen LogP contribution in [0.25, 0.3) is 6.08 Å². The maximum Gasteiger partial charge on any atom is 0.248 e. The van der Waals surface area contributed by atoms with Crippen LogP contribution in [0.5, 0.6) is 5.75 Å². The maximum absolute atomic E-state index is 12.0. The molecule has 0 heterocycles. The van der Waals surface area contributed by atoms with Gasteiger partial charge in [0.25, 0.3) is 0 Å². The molecule has 6 heteroatoms. The Hall–Kier alpha value is -1.49. The molecule has 0 spiro atoms. The molecule has 2 aromatic carbocycles. The van der Waals surface area contributed by atoms with Crippen molar-refractivity contribution in [3.63, 3.8) is 0 Å². The Morgan fingerprint density at radius 1 is 1.27 bits per heavy atom. The van der Waals surface area contributed by atoms with Crippen LogP contribution in [0, 0.1) is 0 Å². The van der Waals surface area contributed by atoms with Gasteiger partial charge >= 0.3 is 0 Å². The summed E-state index contributed by atoms with van der Waals surface area (Å²) in [5.41, 5.74) is 1.32. The quantitative estimate of drug-likeness (QED) is 0.696. The first-order valence-corrected chi connectivity index (χ1v) is 7.83. The average Bonchev–Trinajstić information content (AvgIpc) is 2.47. The molecule has 0 unspecified atom stereocenters. The second-order valence-corrected chi connectivity index (χ2v) is 6.01. The highest BCUT2D eigenvalue weighted by Crippen LogP contribution is 2.33. The molecule has 114 valence electrons. The van der Waals surface area contributed by atoms with Gasteiger partial charge in [-0.05, 0) is 46.3 Å². The van der Waals surface area contributed by atoms with E-state index in [-0.39, 0.29) is 5.91 Å². The number of hydrogen-bond donors (Lipinski definition) is 1. The van der Waals surface area contributed by atoms with Gasteiger partial charge < -0.3 is 10.1 Å². The summed E-state index contributed by atoms with van der Waals surface area (Å²) in [4.78, 5) is 12.0. The molecule has 0 aliphatic carbocycles. The lowest BCUT2D eigenvalue weighted by molar-refractivity contribution is -0.111. The van der Waals surface area contributed by atoms with Crippen molar-refractivity contribution in [2.45, 2.75) is 0 Å². The highest BCUT2D eigenvalue weighted by atomic mass is 79.9. The number of anilines is 1. The first-order chi connectivity index (χ1) is 10.5. The predicted octanol–water partition coefficient (Wildman–Crippen LogP) is 5.42. The van der Waals surface area contributed by atoms with E-state index in [1.165, 1.54) is 13.2 Å². The standard InChI is InChI=1S/C16H12BrCl2NO2/c1-22-16-10(8-11(18)9-13(16)19)6-7-15(21)20-14-5-3-2-4-12(14)17/h2-9H,1H3,(H,20,21). The maximum atomic E-state index is 12.0. The Labute approximate surface area is 147 Å². The fourth-order valence-corrected chi connectivity index (χ4v) is 2.79. The predicted molar refractivity (Wildman–Crippen MR) is 94.8 cm³/mol. The largest absolute Gasteiger partial charge is 0.495 e. The van der Waals surface area contributed by atoms with Gasteiger partial charge in [-0.15, -0.1) is 0 Å². The minimum atomic E-state index is -0.273. The number of methoxy groups -OCH3 is 1. The van der Waals surface area contributed by atoms with Gasteiger partial charge in [0, 0.05) is 21.1 Å². The van der Waals surface area contributed by atoms with E-state index in [2.05, 4.69) is 21.2 Å². The topological polar surface area (TPSA) is 38.3 Å². The Kier molecular flexibility index (Phi) is 5.89. The number of amides is 1. The number of ether oxygens (including phenoxy) is 1. The summed E-state index contributed by atoms with van der Waals surface area (Å²) < 4.78 is 6.03. The molecule has 0 bridgehead atoms. The lowest BCUT2D eigenvalue weighted by atomic mass is 10.2. The molecular weight excluding hydrogens is 389 g/mol. The average molecular weight is 401 g/mol. The van der Waals surface area contributed by atoms with Crippen LogP contribution in [0.3, 0.4) is 0 Å². The van der Waals surface area contributed by atoms with E-state index in [9.17, 15) is 4.79 Å². The summed E-state index contributed by atoms with van der Waals surface area (Å²) in [7, 11) is 1.51. The van der Waals surface area contributed by atoms with Gasteiger partial charge in [0.2, 0.25) is 5.91 Å². The molecule has 0 fully saturated rings. The van der Waals surface area contributed by atoms with Crippen LogP contribution in [0.4, 0.5) is 5.69 Å². The summed E-state index contributed by atoms with van der Waals surface area (Å²) in [6, 6.07) is 10.6. The van der Waals surface area contributed by atoms with Gasteiger partial charge in [-0.1, -0.05) is 35.3 Å². The Bertz CT molecular complexity index is 732. The number of rotatable bonds is 4. The van der Waals surface area contributed by atoms with E-state index in [1.807, 2.05) is 18.2 Å². The molecule has 0 saturated carbocycles.